The van der Waals surface area contributed by atoms with Crippen LogP contribution in [-0.4, -0.2) is 97.7 Å². The minimum Gasteiger partial charge on any atom is -0.476 e. The van der Waals surface area contributed by atoms with E-state index in [-0.39, 0.29) is 5.56 Å². The molecule has 4 amide bonds. The van der Waals surface area contributed by atoms with Crippen LogP contribution in [0.15, 0.2) is 67.4 Å². The third-order valence-corrected chi connectivity index (χ3v) is 19.1. The molecule has 8 heterocycles. The van der Waals surface area contributed by atoms with Crippen LogP contribution in [0, 0.1) is 37.5 Å². The summed E-state index contributed by atoms with van der Waals surface area (Å²) in [5.41, 5.74) is 25.7. The Morgan fingerprint density at radius 3 is 1.20 bits per heavy atom. The minimum atomic E-state index is -0.558. The number of nitrogens with two attached hydrogens (primary N) is 4. The highest BCUT2D eigenvalue weighted by Gasteiger charge is 2.27. The molecule has 93 heavy (non-hydrogen) atoms. The third kappa shape index (κ3) is 20.9. The number of primary amides is 4. The van der Waals surface area contributed by atoms with E-state index in [1.54, 1.807) is 43.1 Å². The molecule has 0 saturated heterocycles. The second-order valence-electron chi connectivity index (χ2n) is 23.4. The Labute approximate surface area is 556 Å². The first-order valence-electron chi connectivity index (χ1n) is 31.6. The van der Waals surface area contributed by atoms with Gasteiger partial charge >= 0.3 is 0 Å². The van der Waals surface area contributed by atoms with Crippen molar-refractivity contribution in [1.29, 1.82) is 0 Å². The number of ether oxygens (including phenoxy) is 4. The molecule has 0 bridgehead atoms. The van der Waals surface area contributed by atoms with Crippen LogP contribution in [0.2, 0.25) is 0 Å². The molecule has 4 aliphatic rings. The fraction of sp³-hybridized carbons (Fsp3) is 0.476. The van der Waals surface area contributed by atoms with Crippen LogP contribution in [0.1, 0.15) is 181 Å². The number of hydrogen-bond donors (Lipinski definition) is 9. The first-order chi connectivity index (χ1) is 45.2. The third-order valence-electron chi connectivity index (χ3n) is 16.2. The number of aromatic nitrogens is 10. The number of H-pyrrole nitrogens is 1. The Morgan fingerprint density at radius 2 is 0.849 bits per heavy atom. The van der Waals surface area contributed by atoms with Gasteiger partial charge in [0, 0.05) is 42.1 Å². The van der Waals surface area contributed by atoms with Crippen LogP contribution >= 0.6 is 46.1 Å². The lowest BCUT2D eigenvalue weighted by Gasteiger charge is -2.21. The van der Waals surface area contributed by atoms with E-state index in [1.165, 1.54) is 151 Å². The van der Waals surface area contributed by atoms with Gasteiger partial charge in [-0.05, 0) is 159 Å². The van der Waals surface area contributed by atoms with Gasteiger partial charge in [-0.15, -0.1) is 0 Å². The SMILES string of the molecule is Cc1cc(Nc2snc(OCC3CCCCC3)c2C(N)=O)nc(C)n1.NC(=O)c1c(OCC2CCCCC2)nsc1Nc1cccnc1.NC(=O)c1c(OCC2CCCCC2)nsc1Nc1ccn[nH]1.NC(=O)c1c(OCC2CCCCC2)nsc1Nc1ccncc1. The van der Waals surface area contributed by atoms with Crippen LogP contribution in [0.3, 0.4) is 0 Å². The highest BCUT2D eigenvalue weighted by molar-refractivity contribution is 7.12. The first kappa shape index (κ1) is 68.7. The van der Waals surface area contributed by atoms with Gasteiger partial charge in [-0.1, -0.05) is 77.0 Å². The van der Waals surface area contributed by atoms with Crippen molar-refractivity contribution < 1.29 is 38.1 Å². The zero-order chi connectivity index (χ0) is 65.3. The second kappa shape index (κ2) is 35.4. The number of anilines is 8. The molecule has 4 aliphatic carbocycles. The van der Waals surface area contributed by atoms with E-state index < -0.39 is 23.6 Å². The van der Waals surface area contributed by atoms with Crippen molar-refractivity contribution in [3.63, 3.8) is 0 Å². The molecule has 4 fully saturated rings. The summed E-state index contributed by atoms with van der Waals surface area (Å²) in [6.45, 7) is 6.07. The maximum atomic E-state index is 11.9. The second-order valence-corrected chi connectivity index (χ2v) is 26.5. The average molecular weight is 1350 g/mol. The number of pyridine rings is 2. The van der Waals surface area contributed by atoms with E-state index in [4.69, 9.17) is 41.9 Å². The Morgan fingerprint density at radius 1 is 0.462 bits per heavy atom. The van der Waals surface area contributed by atoms with Gasteiger partial charge in [-0.3, -0.25) is 34.2 Å². The lowest BCUT2D eigenvalue weighted by Crippen LogP contribution is -2.18. The average Bonchev–Trinajstić information content (AvgIpc) is 1.79. The van der Waals surface area contributed by atoms with Crippen LogP contribution in [0.5, 0.6) is 23.5 Å². The molecule has 0 radical (unpaired) electrons. The number of aromatic amines is 1. The van der Waals surface area contributed by atoms with Gasteiger partial charge in [0.05, 0.1) is 44.5 Å². The van der Waals surface area contributed by atoms with E-state index in [9.17, 15) is 19.2 Å². The molecule has 26 nitrogen and oxygen atoms in total. The summed E-state index contributed by atoms with van der Waals surface area (Å²) in [5.74, 6) is 3.22. The Hall–Kier alpha value is -8.61. The maximum Gasteiger partial charge on any atom is 0.257 e. The zero-order valence-corrected chi connectivity index (χ0v) is 55.6. The summed E-state index contributed by atoms with van der Waals surface area (Å²) >= 11 is 4.65. The van der Waals surface area contributed by atoms with Crippen molar-refractivity contribution in [2.24, 2.45) is 46.6 Å². The maximum absolute atomic E-state index is 11.9. The van der Waals surface area contributed by atoms with Crippen LogP contribution < -0.4 is 63.1 Å². The van der Waals surface area contributed by atoms with Crippen molar-refractivity contribution in [2.45, 2.75) is 142 Å². The van der Waals surface area contributed by atoms with E-state index >= 15 is 0 Å². The molecule has 0 aromatic carbocycles. The largest absolute Gasteiger partial charge is 0.476 e. The molecule has 8 aromatic rings. The summed E-state index contributed by atoms with van der Waals surface area (Å²) in [6.07, 6.45) is 32.9. The van der Waals surface area contributed by atoms with E-state index in [0.29, 0.717) is 128 Å². The Kier molecular flexibility index (Phi) is 26.2. The fourth-order valence-corrected chi connectivity index (χ4v) is 14.4. The number of nitrogens with one attached hydrogen (secondary N) is 5. The number of amides is 4. The highest BCUT2D eigenvalue weighted by Crippen LogP contribution is 2.38. The molecule has 8 aromatic heterocycles. The number of carbonyl (C=O) groups is 4. The van der Waals surface area contributed by atoms with Gasteiger partial charge in [-0.2, -0.15) is 22.6 Å². The lowest BCUT2D eigenvalue weighted by atomic mass is 9.90. The van der Waals surface area contributed by atoms with Crippen molar-refractivity contribution in [1.82, 2.24) is 47.6 Å². The quantitative estimate of drug-likeness (QED) is 0.0271. The summed E-state index contributed by atoms with van der Waals surface area (Å²) in [7, 11) is 0. The van der Waals surface area contributed by atoms with Gasteiger partial charge in [0.25, 0.3) is 23.6 Å². The van der Waals surface area contributed by atoms with Crippen molar-refractivity contribution in [3.05, 3.63) is 101 Å². The number of rotatable bonds is 24. The van der Waals surface area contributed by atoms with Crippen LogP contribution in [0.4, 0.5) is 43.0 Å². The van der Waals surface area contributed by atoms with Gasteiger partial charge in [-0.25, -0.2) is 9.97 Å². The summed E-state index contributed by atoms with van der Waals surface area (Å²) < 4.78 is 40.2. The molecule has 0 atom stereocenters. The van der Waals surface area contributed by atoms with Crippen LogP contribution in [0.25, 0.3) is 0 Å². The molecule has 0 aliphatic heterocycles. The summed E-state index contributed by atoms with van der Waals surface area (Å²) in [6, 6.07) is 10.9. The molecule has 0 spiro atoms. The monoisotopic (exact) mass is 1350 g/mol. The zero-order valence-electron chi connectivity index (χ0n) is 52.4. The molecule has 30 heteroatoms. The van der Waals surface area contributed by atoms with Gasteiger partial charge in [0.15, 0.2) is 0 Å². The van der Waals surface area contributed by atoms with E-state index in [1.807, 2.05) is 38.1 Å². The standard InChI is InChI=1S/C17H23N5O2S.2C16H20N4O2S.C14H19N5O2S/c1-10-8-13(20-11(2)19-10)21-17-14(15(18)23)16(22-25-17)24-9-12-6-4-3-5-7-12;17-14(21)13-15(22-10-11-5-2-1-3-6-11)20-23-16(13)19-12-7-4-8-18-9-12;17-14(21)13-15(22-10-11-4-2-1-3-5-11)20-23-16(13)19-12-6-8-18-9-7-12;15-12(20)11-13(21-8-9-4-2-1-3-5-9)19-22-14(11)17-10-6-7-16-18-10/h8,12H,3-7,9H2,1-2H3,(H2,18,23)(H,19,20,21);4,7-9,11,19H,1-3,5-6,10H2,(H2,17,21);6-9,11H,1-5,10H2,(H2,17,21)(H,18,19);6-7,9H,1-5,8H2,(H2,15,20)(H2,16,17,18). The van der Waals surface area contributed by atoms with E-state index in [0.717, 1.165) is 40.1 Å². The summed E-state index contributed by atoms with van der Waals surface area (Å²) in [5, 5.41) is 21.4. The first-order valence-corrected chi connectivity index (χ1v) is 34.7. The van der Waals surface area contributed by atoms with Crippen molar-refractivity contribution in [3.8, 4) is 23.5 Å². The van der Waals surface area contributed by atoms with Crippen molar-refractivity contribution in [2.75, 3.05) is 47.7 Å². The van der Waals surface area contributed by atoms with Gasteiger partial charge in [0.1, 0.15) is 59.7 Å². The van der Waals surface area contributed by atoms with Gasteiger partial charge in [0.2, 0.25) is 23.5 Å². The number of carbonyl (C=O) groups excluding carboxylic acids is 4. The predicted molar refractivity (Wildman–Crippen MR) is 363 cm³/mol. The molecule has 496 valence electrons. The Bertz CT molecular complexity index is 3480. The summed E-state index contributed by atoms with van der Waals surface area (Å²) in [4.78, 5) is 63.8. The normalized spacial score (nSPS) is 15.3. The van der Waals surface area contributed by atoms with Crippen LogP contribution in [-0.2, 0) is 0 Å². The Balaban J connectivity index is 0.000000146. The predicted octanol–water partition coefficient (Wildman–Crippen LogP) is 12.7. The fourth-order valence-electron chi connectivity index (χ4n) is 11.4. The molecule has 13 N–H and O–H groups in total. The topological polar surface area (TPSA) is 389 Å². The molecule has 4 saturated carbocycles. The minimum absolute atomic E-state index is 0.287. The van der Waals surface area contributed by atoms with Gasteiger partial charge < -0.3 is 63.1 Å². The number of aryl methyl sites for hydroxylation is 2. The van der Waals surface area contributed by atoms with Crippen molar-refractivity contribution >= 4 is 113 Å². The number of hydrogen-bond acceptors (Lipinski definition) is 25. The highest BCUT2D eigenvalue weighted by atomic mass is 32.1. The van der Waals surface area contributed by atoms with E-state index in [2.05, 4.69) is 68.9 Å². The molecular weight excluding hydrogens is 1270 g/mol. The molecule has 0 unspecified atom stereocenters. The smallest absolute Gasteiger partial charge is 0.257 e. The lowest BCUT2D eigenvalue weighted by molar-refractivity contribution is 0.0986. The molecule has 12 rings (SSSR count). The molecular formula is C63H82N18O8S4. The number of nitrogens with zero attached hydrogens (tertiary/aromatic N) is 9.